The molecule has 0 spiro atoms. The van der Waals surface area contributed by atoms with Crippen molar-refractivity contribution in [3.63, 3.8) is 0 Å². The van der Waals surface area contributed by atoms with E-state index in [4.69, 9.17) is 26.8 Å². The average Bonchev–Trinajstić information content (AvgIpc) is 2.84. The zero-order valence-corrected chi connectivity index (χ0v) is 18.7. The number of halogens is 2. The number of hydrogen-bond donors (Lipinski definition) is 3. The summed E-state index contributed by atoms with van der Waals surface area (Å²) in [5.74, 6) is 0.377. The zero-order chi connectivity index (χ0) is 23.9. The first-order chi connectivity index (χ1) is 16.5. The summed E-state index contributed by atoms with van der Waals surface area (Å²) in [4.78, 5) is 8.15. The summed E-state index contributed by atoms with van der Waals surface area (Å²) in [6.07, 6.45) is 0.321. The summed E-state index contributed by atoms with van der Waals surface area (Å²) < 4.78 is 26.7. The largest absolute Gasteiger partial charge is 0.489 e. The molecule has 9 heteroatoms. The summed E-state index contributed by atoms with van der Waals surface area (Å²) in [6, 6.07) is 20.9. The van der Waals surface area contributed by atoms with Crippen LogP contribution in [0.1, 0.15) is 5.56 Å². The number of nitrogens with one attached hydrogen (secondary N) is 1. The highest BCUT2D eigenvalue weighted by Crippen LogP contribution is 2.37. The highest BCUT2D eigenvalue weighted by atomic mass is 35.5. The van der Waals surface area contributed by atoms with Gasteiger partial charge in [0.2, 0.25) is 5.88 Å². The van der Waals surface area contributed by atoms with Crippen molar-refractivity contribution in [1.82, 2.24) is 9.97 Å². The molecule has 1 heterocycles. The first-order valence-corrected chi connectivity index (χ1v) is 10.9. The third kappa shape index (κ3) is 5.72. The Labute approximate surface area is 201 Å². The Hall–Kier alpha value is -3.88. The fraction of sp³-hybridized carbons (Fsp3) is 0.120. The van der Waals surface area contributed by atoms with Gasteiger partial charge in [-0.05, 0) is 29.8 Å². The second-order valence-corrected chi connectivity index (χ2v) is 7.61. The normalized spacial score (nSPS) is 11.6. The highest BCUT2D eigenvalue weighted by molar-refractivity contribution is 6.18. The van der Waals surface area contributed by atoms with E-state index in [1.807, 2.05) is 30.3 Å². The van der Waals surface area contributed by atoms with Crippen LogP contribution in [0.2, 0.25) is 0 Å². The maximum atomic E-state index is 15.1. The van der Waals surface area contributed by atoms with E-state index in [0.29, 0.717) is 23.8 Å². The van der Waals surface area contributed by atoms with Crippen molar-refractivity contribution in [3.05, 3.63) is 90.5 Å². The van der Waals surface area contributed by atoms with E-state index in [0.717, 1.165) is 5.56 Å². The van der Waals surface area contributed by atoms with Crippen molar-refractivity contribution in [2.45, 2.75) is 12.8 Å². The number of benzene rings is 3. The van der Waals surface area contributed by atoms with Crippen LogP contribution < -0.4 is 20.5 Å². The molecule has 3 aromatic carbocycles. The molecule has 1 aromatic heterocycles. The van der Waals surface area contributed by atoms with Crippen LogP contribution in [0.5, 0.6) is 17.4 Å². The van der Waals surface area contributed by atoms with E-state index >= 15 is 4.39 Å². The molecule has 4 rings (SSSR count). The Morgan fingerprint density at radius 3 is 2.59 bits per heavy atom. The summed E-state index contributed by atoms with van der Waals surface area (Å²) in [7, 11) is 0. The van der Waals surface area contributed by atoms with Gasteiger partial charge in [-0.2, -0.15) is 0 Å². The predicted octanol–water partition coefficient (Wildman–Crippen LogP) is 5.21. The number of nitrogens with two attached hydrogens (primary N) is 1. The van der Waals surface area contributed by atoms with Crippen molar-refractivity contribution < 1.29 is 19.0 Å². The van der Waals surface area contributed by atoms with E-state index in [1.165, 1.54) is 12.4 Å². The molecule has 0 radical (unpaired) electrons. The molecular weight excluding hydrogens is 459 g/mol. The van der Waals surface area contributed by atoms with Crippen LogP contribution in [0.25, 0.3) is 11.1 Å². The lowest BCUT2D eigenvalue weighted by Gasteiger charge is -2.15. The molecule has 0 saturated carbocycles. The monoisotopic (exact) mass is 480 g/mol. The van der Waals surface area contributed by atoms with Gasteiger partial charge in [0.1, 0.15) is 42.3 Å². The van der Waals surface area contributed by atoms with Gasteiger partial charge in [-0.1, -0.05) is 36.4 Å². The molecule has 34 heavy (non-hydrogen) atoms. The van der Waals surface area contributed by atoms with Crippen molar-refractivity contribution >= 4 is 23.1 Å². The van der Waals surface area contributed by atoms with E-state index in [9.17, 15) is 5.11 Å². The Morgan fingerprint density at radius 2 is 1.82 bits per heavy atom. The third-order valence-corrected chi connectivity index (χ3v) is 5.12. The van der Waals surface area contributed by atoms with Crippen LogP contribution in [0, 0.1) is 5.82 Å². The number of nitrogen functional groups attached to an aromatic ring is 1. The van der Waals surface area contributed by atoms with Crippen molar-refractivity contribution in [1.29, 1.82) is 0 Å². The van der Waals surface area contributed by atoms with Gasteiger partial charge < -0.3 is 25.6 Å². The van der Waals surface area contributed by atoms with Gasteiger partial charge in [-0.15, -0.1) is 11.6 Å². The number of hydrogen-bond acceptors (Lipinski definition) is 7. The number of ether oxygens (including phenoxy) is 2. The van der Waals surface area contributed by atoms with Crippen LogP contribution in [0.15, 0.2) is 79.1 Å². The van der Waals surface area contributed by atoms with Crippen molar-refractivity contribution in [2.75, 3.05) is 16.9 Å². The maximum absolute atomic E-state index is 15.1. The Morgan fingerprint density at radius 1 is 1.00 bits per heavy atom. The van der Waals surface area contributed by atoms with E-state index in [1.54, 1.807) is 36.4 Å². The quantitative estimate of drug-likeness (QED) is 0.223. The molecule has 0 amide bonds. The molecule has 4 N–H and O–H groups in total. The SMILES string of the molecule is Nc1ncnc(Oc2cccc(NC(O)CCl)c2)c1-c1ccc(OCc2ccccc2)cc1F. The number of anilines is 2. The number of aliphatic hydroxyl groups excluding tert-OH is 1. The third-order valence-electron chi connectivity index (χ3n) is 4.83. The Kier molecular flexibility index (Phi) is 7.41. The fourth-order valence-corrected chi connectivity index (χ4v) is 3.31. The lowest BCUT2D eigenvalue weighted by molar-refractivity contribution is 0.227. The minimum absolute atomic E-state index is 0.0159. The van der Waals surface area contributed by atoms with Gasteiger partial charge in [0.25, 0.3) is 0 Å². The predicted molar refractivity (Wildman–Crippen MR) is 129 cm³/mol. The summed E-state index contributed by atoms with van der Waals surface area (Å²) in [5, 5.41) is 12.5. The van der Waals surface area contributed by atoms with Crippen LogP contribution in [-0.4, -0.2) is 27.2 Å². The Balaban J connectivity index is 1.58. The molecule has 0 bridgehead atoms. The minimum atomic E-state index is -0.918. The van der Waals surface area contributed by atoms with Crippen LogP contribution >= 0.6 is 11.6 Å². The smallest absolute Gasteiger partial charge is 0.232 e. The summed E-state index contributed by atoms with van der Waals surface area (Å²) in [5.41, 5.74) is 8.02. The second-order valence-electron chi connectivity index (χ2n) is 7.30. The first-order valence-electron chi connectivity index (χ1n) is 10.4. The maximum Gasteiger partial charge on any atom is 0.232 e. The molecule has 1 unspecified atom stereocenters. The van der Waals surface area contributed by atoms with Gasteiger partial charge in [-0.25, -0.2) is 14.4 Å². The lowest BCUT2D eigenvalue weighted by atomic mass is 10.1. The molecule has 0 fully saturated rings. The van der Waals surface area contributed by atoms with E-state index in [-0.39, 0.29) is 28.7 Å². The van der Waals surface area contributed by atoms with Gasteiger partial charge in [0, 0.05) is 23.4 Å². The van der Waals surface area contributed by atoms with Crippen LogP contribution in [-0.2, 0) is 6.61 Å². The molecular formula is C25H22ClFN4O3. The Bertz CT molecular complexity index is 1260. The zero-order valence-electron chi connectivity index (χ0n) is 18.0. The number of alkyl halides is 1. The van der Waals surface area contributed by atoms with Gasteiger partial charge >= 0.3 is 0 Å². The standard InChI is InChI=1S/C25H22ClFN4O3/c26-13-22(32)31-17-7-4-8-19(11-17)34-25-23(24(28)29-15-30-25)20-10-9-18(12-21(20)27)33-14-16-5-2-1-3-6-16/h1-12,15,22,31-32H,13-14H2,(H2,28,29,30). The summed E-state index contributed by atoms with van der Waals surface area (Å²) in [6.45, 7) is 0.313. The molecule has 0 aliphatic carbocycles. The van der Waals surface area contributed by atoms with E-state index < -0.39 is 12.0 Å². The van der Waals surface area contributed by atoms with Crippen LogP contribution in [0.3, 0.4) is 0 Å². The molecule has 7 nitrogen and oxygen atoms in total. The molecule has 174 valence electrons. The van der Waals surface area contributed by atoms with E-state index in [2.05, 4.69) is 15.3 Å². The topological polar surface area (TPSA) is 103 Å². The number of aromatic nitrogens is 2. The van der Waals surface area contributed by atoms with Gasteiger partial charge in [-0.3, -0.25) is 0 Å². The highest BCUT2D eigenvalue weighted by Gasteiger charge is 2.18. The minimum Gasteiger partial charge on any atom is -0.489 e. The molecule has 0 aliphatic rings. The molecule has 4 aromatic rings. The van der Waals surface area contributed by atoms with Crippen molar-refractivity contribution in [2.24, 2.45) is 0 Å². The summed E-state index contributed by atoms with van der Waals surface area (Å²) >= 11 is 5.64. The van der Waals surface area contributed by atoms with Crippen molar-refractivity contribution in [3.8, 4) is 28.5 Å². The molecule has 0 saturated heterocycles. The molecule has 1 atom stereocenters. The lowest BCUT2D eigenvalue weighted by Crippen LogP contribution is -2.19. The first kappa shape index (κ1) is 23.3. The van der Waals surface area contributed by atoms with Crippen LogP contribution in [0.4, 0.5) is 15.9 Å². The average molecular weight is 481 g/mol. The van der Waals surface area contributed by atoms with Gasteiger partial charge in [0.05, 0.1) is 11.4 Å². The number of nitrogens with zero attached hydrogens (tertiary/aromatic N) is 2. The second kappa shape index (κ2) is 10.8. The molecule has 0 aliphatic heterocycles. The van der Waals surface area contributed by atoms with Gasteiger partial charge in [0.15, 0.2) is 0 Å². The number of aliphatic hydroxyl groups is 1. The number of rotatable bonds is 9. The fourth-order valence-electron chi connectivity index (χ4n) is 3.23.